The van der Waals surface area contributed by atoms with Crippen molar-refractivity contribution in [2.75, 3.05) is 7.11 Å². The predicted molar refractivity (Wildman–Crippen MR) is 152 cm³/mol. The number of benzene rings is 3. The van der Waals surface area contributed by atoms with Gasteiger partial charge in [0.05, 0.1) is 18.9 Å². The molecule has 0 radical (unpaired) electrons. The fourth-order valence-electron chi connectivity index (χ4n) is 5.18. The zero-order valence-electron chi connectivity index (χ0n) is 20.8. The zero-order valence-corrected chi connectivity index (χ0v) is 22.3. The summed E-state index contributed by atoms with van der Waals surface area (Å²) in [5, 5.41) is 7.99. The number of methoxy groups -OCH3 is 1. The maximum absolute atomic E-state index is 13.6. The van der Waals surface area contributed by atoms with Gasteiger partial charge < -0.3 is 4.74 Å². The zero-order chi connectivity index (χ0) is 25.9. The number of amides is 1. The van der Waals surface area contributed by atoms with Gasteiger partial charge in [-0.2, -0.15) is 5.10 Å². The van der Waals surface area contributed by atoms with Gasteiger partial charge in [-0.1, -0.05) is 66.5 Å². The molecule has 1 aliphatic heterocycles. The van der Waals surface area contributed by atoms with Crippen LogP contribution in [0.3, 0.4) is 0 Å². The second-order valence-corrected chi connectivity index (χ2v) is 10.5. The van der Waals surface area contributed by atoms with Crippen LogP contribution in [0, 0.1) is 11.8 Å². The summed E-state index contributed by atoms with van der Waals surface area (Å²) in [5.41, 5.74) is 5.17. The van der Waals surface area contributed by atoms with Crippen molar-refractivity contribution in [1.29, 1.82) is 0 Å². The van der Waals surface area contributed by atoms with Crippen molar-refractivity contribution in [3.63, 3.8) is 0 Å². The van der Waals surface area contributed by atoms with E-state index in [0.717, 1.165) is 41.0 Å². The number of hydrazone groups is 1. The number of carbonyl (C=O) groups is 1. The van der Waals surface area contributed by atoms with Crippen molar-refractivity contribution in [3.05, 3.63) is 111 Å². The predicted octanol–water partition coefficient (Wildman–Crippen LogP) is 8.08. The average Bonchev–Trinajstić information content (AvgIpc) is 3.29. The Morgan fingerprint density at radius 1 is 0.946 bits per heavy atom. The van der Waals surface area contributed by atoms with Crippen LogP contribution in [0.2, 0.25) is 10.0 Å². The number of hydrogen-bond donors (Lipinski definition) is 0. The molecule has 5 rings (SSSR count). The van der Waals surface area contributed by atoms with Crippen LogP contribution in [0.1, 0.15) is 42.5 Å². The lowest BCUT2D eigenvalue weighted by molar-refractivity contribution is -0.128. The lowest BCUT2D eigenvalue weighted by atomic mass is 9.73. The van der Waals surface area contributed by atoms with Gasteiger partial charge in [-0.25, -0.2) is 5.01 Å². The standard InChI is InChI=1S/C31H28Cl2N2O2/c1-20-17-24(19-22-3-10-25(32)11-4-22)30-28(18-20)31(23-8-12-26(33)13-9-23)35(34-30)29(36)16-7-21-5-14-27(37-2)15-6-21/h3-16,19-20,28,31H,17-18H2,1-2H3/b16-7+,24-19+. The smallest absolute Gasteiger partial charge is 0.267 e. The van der Waals surface area contributed by atoms with Crippen LogP contribution in [0.5, 0.6) is 5.75 Å². The van der Waals surface area contributed by atoms with E-state index in [-0.39, 0.29) is 17.9 Å². The van der Waals surface area contributed by atoms with Crippen LogP contribution in [0.15, 0.2) is 89.5 Å². The Bertz CT molecular complexity index is 1360. The fourth-order valence-corrected chi connectivity index (χ4v) is 5.44. The fraction of sp³-hybridized carbons (Fsp3) is 0.226. The Labute approximate surface area is 227 Å². The Balaban J connectivity index is 1.51. The highest BCUT2D eigenvalue weighted by Gasteiger charge is 2.44. The number of ether oxygens (including phenoxy) is 1. The Hall–Kier alpha value is -3.34. The van der Waals surface area contributed by atoms with E-state index in [4.69, 9.17) is 33.0 Å². The van der Waals surface area contributed by atoms with Gasteiger partial charge in [-0.05, 0) is 89.6 Å². The lowest BCUT2D eigenvalue weighted by Crippen LogP contribution is -2.32. The molecule has 0 spiro atoms. The average molecular weight is 531 g/mol. The molecule has 3 unspecified atom stereocenters. The first-order chi connectivity index (χ1) is 17.9. The number of halogens is 2. The van der Waals surface area contributed by atoms with E-state index in [9.17, 15) is 4.79 Å². The minimum atomic E-state index is -0.198. The summed E-state index contributed by atoms with van der Waals surface area (Å²) < 4.78 is 5.23. The molecule has 1 saturated carbocycles. The van der Waals surface area contributed by atoms with Gasteiger partial charge in [0.15, 0.2) is 0 Å². The van der Waals surface area contributed by atoms with Crippen molar-refractivity contribution < 1.29 is 9.53 Å². The Kier molecular flexibility index (Phi) is 7.50. The maximum atomic E-state index is 13.6. The second-order valence-electron chi connectivity index (χ2n) is 9.64. The SMILES string of the molecule is COc1ccc(/C=C/C(=O)N2N=C3/C(=C/c4ccc(Cl)cc4)CC(C)CC3C2c2ccc(Cl)cc2)cc1. The van der Waals surface area contributed by atoms with E-state index in [1.54, 1.807) is 18.2 Å². The molecule has 0 N–H and O–H groups in total. The largest absolute Gasteiger partial charge is 0.497 e. The first-order valence-corrected chi connectivity index (χ1v) is 13.1. The third-order valence-electron chi connectivity index (χ3n) is 6.95. The molecule has 2 aliphatic rings. The van der Waals surface area contributed by atoms with Gasteiger partial charge in [0.25, 0.3) is 5.91 Å². The molecule has 3 aromatic carbocycles. The van der Waals surface area contributed by atoms with Gasteiger partial charge in [0.1, 0.15) is 5.75 Å². The van der Waals surface area contributed by atoms with Crippen molar-refractivity contribution in [1.82, 2.24) is 5.01 Å². The third-order valence-corrected chi connectivity index (χ3v) is 7.45. The molecule has 0 saturated heterocycles. The van der Waals surface area contributed by atoms with E-state index in [2.05, 4.69) is 13.0 Å². The van der Waals surface area contributed by atoms with Crippen LogP contribution in [-0.4, -0.2) is 23.7 Å². The summed E-state index contributed by atoms with van der Waals surface area (Å²) in [6.07, 6.45) is 7.46. The van der Waals surface area contributed by atoms with Crippen molar-refractivity contribution in [3.8, 4) is 5.75 Å². The number of hydrogen-bond acceptors (Lipinski definition) is 3. The molecule has 1 heterocycles. The molecule has 37 heavy (non-hydrogen) atoms. The molecular formula is C31H28Cl2N2O2. The monoisotopic (exact) mass is 530 g/mol. The Morgan fingerprint density at radius 2 is 1.57 bits per heavy atom. The van der Waals surface area contributed by atoms with Crippen molar-refractivity contribution in [2.24, 2.45) is 16.9 Å². The molecule has 1 amide bonds. The first-order valence-electron chi connectivity index (χ1n) is 12.4. The molecule has 0 bridgehead atoms. The molecular weight excluding hydrogens is 503 g/mol. The van der Waals surface area contributed by atoms with Crippen molar-refractivity contribution >= 4 is 47.0 Å². The van der Waals surface area contributed by atoms with Crippen LogP contribution >= 0.6 is 23.2 Å². The van der Waals surface area contributed by atoms with Crippen LogP contribution in [0.25, 0.3) is 12.2 Å². The van der Waals surface area contributed by atoms with Gasteiger partial charge in [0.2, 0.25) is 0 Å². The van der Waals surface area contributed by atoms with E-state index in [0.29, 0.717) is 16.0 Å². The van der Waals surface area contributed by atoms with E-state index < -0.39 is 0 Å². The summed E-state index contributed by atoms with van der Waals surface area (Å²) in [5.74, 6) is 1.18. The normalized spacial score (nSPS) is 22.3. The highest BCUT2D eigenvalue weighted by molar-refractivity contribution is 6.30. The number of allylic oxidation sites excluding steroid dienone is 1. The number of nitrogens with zero attached hydrogens (tertiary/aromatic N) is 2. The molecule has 3 atom stereocenters. The van der Waals surface area contributed by atoms with Gasteiger partial charge >= 0.3 is 0 Å². The summed E-state index contributed by atoms with van der Waals surface area (Å²) in [6, 6.07) is 23.0. The van der Waals surface area contributed by atoms with Crippen LogP contribution in [-0.2, 0) is 4.79 Å². The van der Waals surface area contributed by atoms with Gasteiger partial charge in [-0.15, -0.1) is 0 Å². The summed E-state index contributed by atoms with van der Waals surface area (Å²) in [4.78, 5) is 13.6. The Morgan fingerprint density at radius 3 is 2.22 bits per heavy atom. The van der Waals surface area contributed by atoms with Crippen molar-refractivity contribution in [2.45, 2.75) is 25.8 Å². The summed E-state index contributed by atoms with van der Waals surface area (Å²) in [7, 11) is 1.63. The highest BCUT2D eigenvalue weighted by Crippen LogP contribution is 2.46. The van der Waals surface area contributed by atoms with E-state index >= 15 is 0 Å². The molecule has 4 nitrogen and oxygen atoms in total. The molecule has 0 aromatic heterocycles. The minimum absolute atomic E-state index is 0.0989. The van der Waals surface area contributed by atoms with Crippen LogP contribution in [0.4, 0.5) is 0 Å². The summed E-state index contributed by atoms with van der Waals surface area (Å²) >= 11 is 12.3. The second kappa shape index (κ2) is 11.0. The van der Waals surface area contributed by atoms with Crippen LogP contribution < -0.4 is 4.74 Å². The number of carbonyl (C=O) groups excluding carboxylic acids is 1. The molecule has 3 aromatic rings. The third kappa shape index (κ3) is 5.66. The number of rotatable bonds is 5. The highest BCUT2D eigenvalue weighted by atomic mass is 35.5. The lowest BCUT2D eigenvalue weighted by Gasteiger charge is -2.32. The molecule has 1 fully saturated rings. The molecule has 188 valence electrons. The first kappa shape index (κ1) is 25.3. The van der Waals surface area contributed by atoms with E-state index in [1.807, 2.05) is 78.9 Å². The molecule has 6 heteroatoms. The van der Waals surface area contributed by atoms with E-state index in [1.165, 1.54) is 5.57 Å². The van der Waals surface area contributed by atoms with Gasteiger partial charge in [0, 0.05) is 22.0 Å². The quantitative estimate of drug-likeness (QED) is 0.312. The minimum Gasteiger partial charge on any atom is -0.497 e. The topological polar surface area (TPSA) is 41.9 Å². The number of fused-ring (bicyclic) bond motifs is 1. The summed E-state index contributed by atoms with van der Waals surface area (Å²) in [6.45, 7) is 2.26. The molecule has 1 aliphatic carbocycles. The maximum Gasteiger partial charge on any atom is 0.267 e. The van der Waals surface area contributed by atoms with Gasteiger partial charge in [-0.3, -0.25) is 4.79 Å².